The van der Waals surface area contributed by atoms with E-state index in [2.05, 4.69) is 9.39 Å². The summed E-state index contributed by atoms with van der Waals surface area (Å²) in [5.74, 6) is 0.712. The van der Waals surface area contributed by atoms with E-state index in [-0.39, 0.29) is 28.4 Å². The molecular formula is C23H22N4O6S2. The number of hydrogen-bond acceptors (Lipinski definition) is 9. The van der Waals surface area contributed by atoms with E-state index in [1.54, 1.807) is 18.2 Å². The highest BCUT2D eigenvalue weighted by Crippen LogP contribution is 2.32. The molecule has 2 aliphatic rings. The smallest absolute Gasteiger partial charge is 0.283 e. The Morgan fingerprint density at radius 2 is 1.80 bits per heavy atom. The molecule has 0 bridgehead atoms. The molecule has 0 spiro atoms. The first-order valence-electron chi connectivity index (χ1n) is 10.4. The number of aliphatic imine (C=N–C) groups is 1. The number of rotatable bonds is 7. The molecule has 10 nitrogen and oxygen atoms in total. The monoisotopic (exact) mass is 514 g/mol. The Kier molecular flexibility index (Phi) is 6.94. The van der Waals surface area contributed by atoms with Gasteiger partial charge in [0.05, 0.1) is 24.6 Å². The summed E-state index contributed by atoms with van der Waals surface area (Å²) in [5.41, 5.74) is 1.50. The SMILES string of the molecule is COc1cc(C=C2C(=N)N3C(=NC2=O)SN=C3S(C)(=O)=O)ccc1OCCOc1ccccc1C. The van der Waals surface area contributed by atoms with E-state index >= 15 is 0 Å². The molecule has 1 amide bonds. The van der Waals surface area contributed by atoms with Gasteiger partial charge in [0.25, 0.3) is 5.91 Å². The Balaban J connectivity index is 1.49. The van der Waals surface area contributed by atoms with Gasteiger partial charge in [-0.2, -0.15) is 9.39 Å². The molecule has 2 aromatic carbocycles. The molecular weight excluding hydrogens is 492 g/mol. The lowest BCUT2D eigenvalue weighted by Crippen LogP contribution is -2.45. The topological polar surface area (TPSA) is 131 Å². The van der Waals surface area contributed by atoms with Crippen LogP contribution in [0, 0.1) is 12.3 Å². The summed E-state index contributed by atoms with van der Waals surface area (Å²) in [7, 11) is -2.23. The Labute approximate surface area is 206 Å². The maximum absolute atomic E-state index is 12.5. The minimum absolute atomic E-state index is 0.0341. The first-order chi connectivity index (χ1) is 16.7. The normalized spacial score (nSPS) is 16.7. The van der Waals surface area contributed by atoms with Crippen molar-refractivity contribution in [3.63, 3.8) is 0 Å². The highest BCUT2D eigenvalue weighted by atomic mass is 32.2. The van der Waals surface area contributed by atoms with Gasteiger partial charge in [-0.25, -0.2) is 13.3 Å². The van der Waals surface area contributed by atoms with Crippen LogP contribution >= 0.6 is 11.9 Å². The number of nitrogens with one attached hydrogen (secondary N) is 1. The lowest BCUT2D eigenvalue weighted by Gasteiger charge is -2.23. The second-order valence-electron chi connectivity index (χ2n) is 7.55. The number of nitrogens with zero attached hydrogens (tertiary/aromatic N) is 3. The summed E-state index contributed by atoms with van der Waals surface area (Å²) in [6, 6.07) is 12.7. The van der Waals surface area contributed by atoms with Crippen molar-refractivity contribution in [3.05, 3.63) is 59.2 Å². The summed E-state index contributed by atoms with van der Waals surface area (Å²) in [5, 5.41) is 8.13. The molecule has 0 atom stereocenters. The van der Waals surface area contributed by atoms with Gasteiger partial charge in [0.1, 0.15) is 24.8 Å². The van der Waals surface area contributed by atoms with Crippen LogP contribution in [0.1, 0.15) is 11.1 Å². The number of carbonyl (C=O) groups is 1. The van der Waals surface area contributed by atoms with Crippen molar-refractivity contribution in [2.75, 3.05) is 26.6 Å². The van der Waals surface area contributed by atoms with E-state index in [0.717, 1.165) is 34.4 Å². The third kappa shape index (κ3) is 5.23. The van der Waals surface area contributed by atoms with Crippen LogP contribution in [0.5, 0.6) is 17.2 Å². The minimum atomic E-state index is -3.72. The summed E-state index contributed by atoms with van der Waals surface area (Å²) >= 11 is 0.743. The van der Waals surface area contributed by atoms with Gasteiger partial charge in [0.15, 0.2) is 11.5 Å². The quantitative estimate of drug-likeness (QED) is 0.339. The predicted octanol–water partition coefficient (Wildman–Crippen LogP) is 3.08. The second kappa shape index (κ2) is 9.92. The Hall–Kier alpha value is -3.64. The molecule has 0 unspecified atom stereocenters. The minimum Gasteiger partial charge on any atom is -0.493 e. The molecule has 2 aromatic rings. The van der Waals surface area contributed by atoms with Crippen molar-refractivity contribution in [3.8, 4) is 17.2 Å². The number of para-hydroxylation sites is 1. The van der Waals surface area contributed by atoms with Crippen LogP contribution in [0.4, 0.5) is 0 Å². The van der Waals surface area contributed by atoms with Crippen molar-refractivity contribution < 1.29 is 27.4 Å². The molecule has 2 aliphatic heterocycles. The van der Waals surface area contributed by atoms with Crippen molar-refractivity contribution in [2.45, 2.75) is 6.92 Å². The predicted molar refractivity (Wildman–Crippen MR) is 135 cm³/mol. The summed E-state index contributed by atoms with van der Waals surface area (Å²) in [6.45, 7) is 2.59. The number of aryl methyl sites for hydroxylation is 1. The van der Waals surface area contributed by atoms with E-state index in [9.17, 15) is 13.2 Å². The third-order valence-electron chi connectivity index (χ3n) is 5.02. The largest absolute Gasteiger partial charge is 0.493 e. The first kappa shape index (κ1) is 24.5. The zero-order valence-corrected chi connectivity index (χ0v) is 20.8. The Morgan fingerprint density at radius 3 is 2.49 bits per heavy atom. The summed E-state index contributed by atoms with van der Waals surface area (Å²) in [6.07, 6.45) is 2.43. The number of hydrogen-bond donors (Lipinski definition) is 1. The lowest BCUT2D eigenvalue weighted by molar-refractivity contribution is -0.114. The lowest BCUT2D eigenvalue weighted by atomic mass is 10.1. The standard InChI is InChI=1S/C23H22N4O6S2/c1-14-6-4-5-7-17(14)32-10-11-33-18-9-8-15(13-19(18)31-2)12-16-20(24)27-22(25-21(16)28)34-26-23(27)35(3,29)30/h4-9,12-13,24H,10-11H2,1-3H3. The van der Waals surface area contributed by atoms with E-state index in [4.69, 9.17) is 19.6 Å². The molecule has 0 saturated heterocycles. The highest BCUT2D eigenvalue weighted by molar-refractivity contribution is 8.16. The molecule has 0 saturated carbocycles. The zero-order chi connectivity index (χ0) is 25.2. The van der Waals surface area contributed by atoms with Gasteiger partial charge >= 0.3 is 0 Å². The van der Waals surface area contributed by atoms with Crippen molar-refractivity contribution in [1.82, 2.24) is 4.90 Å². The second-order valence-corrected chi connectivity index (χ2v) is 10.2. The number of amides is 1. The molecule has 0 fully saturated rings. The average molecular weight is 515 g/mol. The van der Waals surface area contributed by atoms with Crippen LogP contribution in [-0.2, 0) is 14.6 Å². The van der Waals surface area contributed by atoms with Gasteiger partial charge in [-0.1, -0.05) is 24.3 Å². The summed E-state index contributed by atoms with van der Waals surface area (Å²) < 4.78 is 44.9. The molecule has 0 aliphatic carbocycles. The number of sulfone groups is 1. The molecule has 12 heteroatoms. The summed E-state index contributed by atoms with van der Waals surface area (Å²) in [4.78, 5) is 17.5. The van der Waals surface area contributed by atoms with Gasteiger partial charge in [0.2, 0.25) is 20.2 Å². The molecule has 0 aromatic heterocycles. The zero-order valence-electron chi connectivity index (χ0n) is 19.1. The number of ether oxygens (including phenoxy) is 3. The van der Waals surface area contributed by atoms with Gasteiger partial charge < -0.3 is 14.2 Å². The number of methoxy groups -OCH3 is 1. The molecule has 182 valence electrons. The van der Waals surface area contributed by atoms with Gasteiger partial charge in [-0.3, -0.25) is 10.2 Å². The maximum Gasteiger partial charge on any atom is 0.283 e. The Bertz CT molecular complexity index is 1400. The van der Waals surface area contributed by atoms with Gasteiger partial charge in [0, 0.05) is 6.26 Å². The molecule has 4 rings (SSSR count). The third-order valence-corrected chi connectivity index (χ3v) is 6.77. The van der Waals surface area contributed by atoms with Gasteiger partial charge in [-0.05, 0) is 42.3 Å². The van der Waals surface area contributed by atoms with Crippen LogP contribution in [0.15, 0.2) is 57.4 Å². The van der Waals surface area contributed by atoms with E-state index in [0.29, 0.717) is 23.7 Å². The van der Waals surface area contributed by atoms with Crippen LogP contribution in [0.2, 0.25) is 0 Å². The molecule has 2 heterocycles. The Morgan fingerprint density at radius 1 is 1.09 bits per heavy atom. The molecule has 35 heavy (non-hydrogen) atoms. The maximum atomic E-state index is 12.5. The van der Waals surface area contributed by atoms with Gasteiger partial charge in [-0.15, -0.1) is 0 Å². The number of carbonyl (C=O) groups excluding carboxylic acids is 1. The number of amidine groups is 3. The van der Waals surface area contributed by atoms with Crippen molar-refractivity contribution >= 4 is 49.9 Å². The van der Waals surface area contributed by atoms with Crippen LogP contribution in [-0.4, -0.2) is 62.0 Å². The fourth-order valence-corrected chi connectivity index (χ4v) is 5.16. The van der Waals surface area contributed by atoms with Crippen molar-refractivity contribution in [2.24, 2.45) is 9.39 Å². The number of fused-ring (bicyclic) bond motifs is 1. The molecule has 0 radical (unpaired) electrons. The highest BCUT2D eigenvalue weighted by Gasteiger charge is 2.41. The fourth-order valence-electron chi connectivity index (χ4n) is 3.32. The number of benzene rings is 2. The fraction of sp³-hybridized carbons (Fsp3) is 0.217. The molecule has 1 N–H and O–H groups in total. The average Bonchev–Trinajstić information content (AvgIpc) is 3.25. The van der Waals surface area contributed by atoms with Crippen molar-refractivity contribution in [1.29, 1.82) is 5.41 Å². The first-order valence-corrected chi connectivity index (χ1v) is 13.0. The van der Waals surface area contributed by atoms with E-state index in [1.165, 1.54) is 13.2 Å². The van der Waals surface area contributed by atoms with E-state index < -0.39 is 15.7 Å². The van der Waals surface area contributed by atoms with Crippen LogP contribution in [0.25, 0.3) is 6.08 Å². The van der Waals surface area contributed by atoms with E-state index in [1.807, 2.05) is 31.2 Å². The van der Waals surface area contributed by atoms with Crippen LogP contribution in [0.3, 0.4) is 0 Å². The van der Waals surface area contributed by atoms with Crippen LogP contribution < -0.4 is 14.2 Å².